The molecule has 1 aliphatic rings. The van der Waals surface area contributed by atoms with Crippen molar-refractivity contribution in [1.29, 1.82) is 0 Å². The first kappa shape index (κ1) is 12.4. The van der Waals surface area contributed by atoms with Crippen LogP contribution in [0, 0.1) is 9.49 Å². The molecule has 1 unspecified atom stereocenters. The highest BCUT2D eigenvalue weighted by atomic mass is 127. The molecule has 0 spiro atoms. The van der Waals surface area contributed by atoms with Gasteiger partial charge in [-0.2, -0.15) is 0 Å². The third-order valence-electron chi connectivity index (χ3n) is 3.60. The van der Waals surface area contributed by atoms with Gasteiger partial charge in [0, 0.05) is 9.61 Å². The number of rotatable bonds is 5. The van der Waals surface area contributed by atoms with E-state index in [0.29, 0.717) is 6.04 Å². The molecule has 16 heavy (non-hydrogen) atoms. The molecule has 0 aliphatic heterocycles. The fourth-order valence-corrected chi connectivity index (χ4v) is 2.51. The first-order valence-electron chi connectivity index (χ1n) is 6.24. The number of benzene rings is 1. The van der Waals surface area contributed by atoms with E-state index < -0.39 is 0 Å². The van der Waals surface area contributed by atoms with Crippen LogP contribution in [0.25, 0.3) is 0 Å². The Morgan fingerprint density at radius 1 is 1.31 bits per heavy atom. The van der Waals surface area contributed by atoms with E-state index in [-0.39, 0.29) is 0 Å². The zero-order chi connectivity index (χ0) is 11.4. The average molecular weight is 329 g/mol. The van der Waals surface area contributed by atoms with Crippen molar-refractivity contribution in [3.8, 4) is 0 Å². The monoisotopic (exact) mass is 329 g/mol. The van der Waals surface area contributed by atoms with Crippen molar-refractivity contribution in [2.24, 2.45) is 5.92 Å². The summed E-state index contributed by atoms with van der Waals surface area (Å²) >= 11 is 2.35. The Hall–Kier alpha value is -0.0900. The average Bonchev–Trinajstić information content (AvgIpc) is 2.22. The van der Waals surface area contributed by atoms with Crippen molar-refractivity contribution in [2.45, 2.75) is 38.6 Å². The lowest BCUT2D eigenvalue weighted by Gasteiger charge is -2.26. The second-order valence-electron chi connectivity index (χ2n) is 4.81. The molecule has 1 aromatic carbocycles. The summed E-state index contributed by atoms with van der Waals surface area (Å²) in [5.41, 5.74) is 1.40. The van der Waals surface area contributed by atoms with Gasteiger partial charge >= 0.3 is 0 Å². The van der Waals surface area contributed by atoms with Crippen LogP contribution < -0.4 is 5.32 Å². The van der Waals surface area contributed by atoms with Crippen molar-refractivity contribution in [3.63, 3.8) is 0 Å². The number of hydrogen-bond acceptors (Lipinski definition) is 1. The molecule has 0 aromatic heterocycles. The van der Waals surface area contributed by atoms with Gasteiger partial charge in [-0.1, -0.05) is 31.4 Å². The highest BCUT2D eigenvalue weighted by Crippen LogP contribution is 2.29. The van der Waals surface area contributed by atoms with Crippen LogP contribution in [-0.4, -0.2) is 6.54 Å². The normalized spacial score (nSPS) is 18.1. The zero-order valence-electron chi connectivity index (χ0n) is 9.88. The maximum absolute atomic E-state index is 3.62. The van der Waals surface area contributed by atoms with Gasteiger partial charge in [-0.05, 0) is 66.1 Å². The molecule has 88 valence electrons. The summed E-state index contributed by atoms with van der Waals surface area (Å²) in [6.45, 7) is 3.42. The summed E-state index contributed by atoms with van der Waals surface area (Å²) in [6.07, 6.45) is 5.73. The second kappa shape index (κ2) is 6.01. The minimum absolute atomic E-state index is 0.483. The predicted molar refractivity (Wildman–Crippen MR) is 77.5 cm³/mol. The van der Waals surface area contributed by atoms with E-state index in [9.17, 15) is 0 Å². The second-order valence-corrected chi connectivity index (χ2v) is 6.06. The summed E-state index contributed by atoms with van der Waals surface area (Å²) in [5, 5.41) is 3.62. The molecule has 0 radical (unpaired) electrons. The van der Waals surface area contributed by atoms with E-state index in [2.05, 4.69) is 59.1 Å². The van der Waals surface area contributed by atoms with Crippen LogP contribution >= 0.6 is 22.6 Å². The third-order valence-corrected chi connectivity index (χ3v) is 4.32. The van der Waals surface area contributed by atoms with Crippen LogP contribution in [0.3, 0.4) is 0 Å². The Balaban J connectivity index is 1.73. The lowest BCUT2D eigenvalue weighted by atomic mass is 9.83. The van der Waals surface area contributed by atoms with E-state index >= 15 is 0 Å². The van der Waals surface area contributed by atoms with Crippen molar-refractivity contribution in [1.82, 2.24) is 5.32 Å². The van der Waals surface area contributed by atoms with Crippen LogP contribution in [0.15, 0.2) is 24.3 Å². The summed E-state index contributed by atoms with van der Waals surface area (Å²) in [4.78, 5) is 0. The molecule has 0 heterocycles. The van der Waals surface area contributed by atoms with E-state index in [1.165, 1.54) is 34.8 Å². The molecule has 1 aliphatic carbocycles. The van der Waals surface area contributed by atoms with Crippen LogP contribution in [0.5, 0.6) is 0 Å². The Labute approximate surface area is 112 Å². The van der Waals surface area contributed by atoms with Crippen molar-refractivity contribution in [2.75, 3.05) is 6.54 Å². The summed E-state index contributed by atoms with van der Waals surface area (Å²) in [6, 6.07) is 9.29. The van der Waals surface area contributed by atoms with Crippen LogP contribution in [0.2, 0.25) is 0 Å². The van der Waals surface area contributed by atoms with Crippen LogP contribution in [-0.2, 0) is 0 Å². The highest BCUT2D eigenvalue weighted by molar-refractivity contribution is 14.1. The zero-order valence-corrected chi connectivity index (χ0v) is 12.0. The van der Waals surface area contributed by atoms with Crippen molar-refractivity contribution in [3.05, 3.63) is 33.4 Å². The van der Waals surface area contributed by atoms with Crippen LogP contribution in [0.1, 0.15) is 44.2 Å². The Morgan fingerprint density at radius 2 is 2.00 bits per heavy atom. The molecule has 0 amide bonds. The molecule has 1 aromatic rings. The molecule has 1 atom stereocenters. The fraction of sp³-hybridized carbons (Fsp3) is 0.571. The van der Waals surface area contributed by atoms with Gasteiger partial charge in [-0.3, -0.25) is 0 Å². The molecule has 2 rings (SSSR count). The molecular formula is C14H20IN. The fourth-order valence-electron chi connectivity index (χ4n) is 2.15. The number of hydrogen-bond donors (Lipinski definition) is 1. The number of halogens is 1. The van der Waals surface area contributed by atoms with Gasteiger partial charge in [-0.25, -0.2) is 0 Å². The molecule has 1 N–H and O–H groups in total. The van der Waals surface area contributed by atoms with Gasteiger partial charge in [0.2, 0.25) is 0 Å². The molecule has 1 fully saturated rings. The molecular weight excluding hydrogens is 309 g/mol. The molecule has 0 bridgehead atoms. The minimum Gasteiger partial charge on any atom is -0.310 e. The predicted octanol–water partition coefficient (Wildman–Crippen LogP) is 4.13. The van der Waals surface area contributed by atoms with Gasteiger partial charge in [0.25, 0.3) is 0 Å². The van der Waals surface area contributed by atoms with Gasteiger partial charge < -0.3 is 5.32 Å². The molecule has 1 saturated carbocycles. The molecule has 1 nitrogen and oxygen atoms in total. The van der Waals surface area contributed by atoms with Gasteiger partial charge in [-0.15, -0.1) is 0 Å². The number of nitrogens with one attached hydrogen (secondary N) is 1. The largest absolute Gasteiger partial charge is 0.310 e. The highest BCUT2D eigenvalue weighted by Gasteiger charge is 2.16. The van der Waals surface area contributed by atoms with Crippen molar-refractivity contribution >= 4 is 22.6 Å². The Bertz CT molecular complexity index is 316. The third kappa shape index (κ3) is 3.45. The first-order chi connectivity index (χ1) is 7.75. The summed E-state index contributed by atoms with van der Waals surface area (Å²) in [5.74, 6) is 1.01. The SMILES string of the molecule is CC(NCCC1CCC1)c1ccc(I)cc1. The topological polar surface area (TPSA) is 12.0 Å². The Kier molecular flexibility index (Phi) is 4.65. The summed E-state index contributed by atoms with van der Waals surface area (Å²) in [7, 11) is 0. The van der Waals surface area contributed by atoms with E-state index in [0.717, 1.165) is 12.5 Å². The van der Waals surface area contributed by atoms with Crippen LogP contribution in [0.4, 0.5) is 0 Å². The van der Waals surface area contributed by atoms with Gasteiger partial charge in [0.05, 0.1) is 0 Å². The van der Waals surface area contributed by atoms with E-state index in [1.807, 2.05) is 0 Å². The standard InChI is InChI=1S/C14H20IN/c1-11(13-5-7-14(15)8-6-13)16-10-9-12-3-2-4-12/h5-8,11-12,16H,2-4,9-10H2,1H3. The first-order valence-corrected chi connectivity index (χ1v) is 7.32. The smallest absolute Gasteiger partial charge is 0.0291 e. The van der Waals surface area contributed by atoms with E-state index in [4.69, 9.17) is 0 Å². The Morgan fingerprint density at radius 3 is 2.56 bits per heavy atom. The van der Waals surface area contributed by atoms with Gasteiger partial charge in [0.15, 0.2) is 0 Å². The lowest BCUT2D eigenvalue weighted by molar-refractivity contribution is 0.288. The maximum Gasteiger partial charge on any atom is 0.0291 e. The van der Waals surface area contributed by atoms with Gasteiger partial charge in [0.1, 0.15) is 0 Å². The van der Waals surface area contributed by atoms with E-state index in [1.54, 1.807) is 0 Å². The molecule has 2 heteroatoms. The minimum atomic E-state index is 0.483. The van der Waals surface area contributed by atoms with Crippen molar-refractivity contribution < 1.29 is 0 Å². The maximum atomic E-state index is 3.62. The quantitative estimate of drug-likeness (QED) is 0.801. The summed E-state index contributed by atoms with van der Waals surface area (Å²) < 4.78 is 1.31. The lowest BCUT2D eigenvalue weighted by Crippen LogP contribution is -2.24. The molecule has 0 saturated heterocycles.